The number of rotatable bonds is 9. The van der Waals surface area contributed by atoms with Crippen LogP contribution in [0.5, 0.6) is 5.75 Å². The number of ether oxygens (including phenoxy) is 1. The largest absolute Gasteiger partial charge is 0.494 e. The van der Waals surface area contributed by atoms with Crippen LogP contribution in [-0.4, -0.2) is 34.9 Å². The van der Waals surface area contributed by atoms with Crippen LogP contribution in [0.3, 0.4) is 0 Å². The predicted octanol–water partition coefficient (Wildman–Crippen LogP) is 4.83. The first-order valence-corrected chi connectivity index (χ1v) is 10.6. The van der Waals surface area contributed by atoms with Crippen molar-refractivity contribution in [2.75, 3.05) is 6.61 Å². The molecule has 1 atom stereocenters. The average Bonchev–Trinajstić information content (AvgIpc) is 2.69. The summed E-state index contributed by atoms with van der Waals surface area (Å²) in [7, 11) is 0. The van der Waals surface area contributed by atoms with Gasteiger partial charge in [0, 0.05) is 23.5 Å². The van der Waals surface area contributed by atoms with Crippen molar-refractivity contribution in [3.05, 3.63) is 65.2 Å². The summed E-state index contributed by atoms with van der Waals surface area (Å²) in [5.74, 6) is 0.474. The first-order chi connectivity index (χ1) is 14.2. The van der Waals surface area contributed by atoms with Crippen molar-refractivity contribution in [1.29, 1.82) is 0 Å². The van der Waals surface area contributed by atoms with Crippen LogP contribution in [0.1, 0.15) is 46.1 Å². The third-order valence-corrected chi connectivity index (χ3v) is 4.88. The fraction of sp³-hybridized carbons (Fsp3) is 0.417. The topological polar surface area (TPSA) is 58.6 Å². The van der Waals surface area contributed by atoms with Gasteiger partial charge >= 0.3 is 0 Å². The van der Waals surface area contributed by atoms with Crippen LogP contribution in [0.15, 0.2) is 54.6 Å². The molecule has 0 fully saturated rings. The van der Waals surface area contributed by atoms with Gasteiger partial charge in [-0.15, -0.1) is 0 Å². The van der Waals surface area contributed by atoms with E-state index in [9.17, 15) is 9.59 Å². The highest BCUT2D eigenvalue weighted by Crippen LogP contribution is 2.20. The van der Waals surface area contributed by atoms with Gasteiger partial charge in [0.15, 0.2) is 0 Å². The molecule has 2 aromatic rings. The molecule has 0 spiro atoms. The fourth-order valence-corrected chi connectivity index (χ4v) is 3.14. The summed E-state index contributed by atoms with van der Waals surface area (Å²) in [5, 5.41) is 3.53. The zero-order valence-electron chi connectivity index (χ0n) is 18.2. The Labute approximate surface area is 184 Å². The Morgan fingerprint density at radius 2 is 1.70 bits per heavy atom. The molecule has 30 heavy (non-hydrogen) atoms. The summed E-state index contributed by atoms with van der Waals surface area (Å²) in [6.07, 6.45) is 0.838. The lowest BCUT2D eigenvalue weighted by molar-refractivity contribution is -0.141. The van der Waals surface area contributed by atoms with E-state index in [0.717, 1.165) is 11.3 Å². The summed E-state index contributed by atoms with van der Waals surface area (Å²) in [6, 6.07) is 16.2. The molecule has 1 N–H and O–H groups in total. The molecule has 5 nitrogen and oxygen atoms in total. The molecule has 0 radical (unpaired) electrons. The molecule has 0 aliphatic heterocycles. The van der Waals surface area contributed by atoms with E-state index in [1.165, 1.54) is 0 Å². The lowest BCUT2D eigenvalue weighted by atomic mass is 10.1. The van der Waals surface area contributed by atoms with Crippen molar-refractivity contribution in [1.82, 2.24) is 10.2 Å². The van der Waals surface area contributed by atoms with E-state index in [2.05, 4.69) is 5.32 Å². The van der Waals surface area contributed by atoms with Gasteiger partial charge in [0.25, 0.3) is 0 Å². The maximum absolute atomic E-state index is 13.0. The molecule has 0 heterocycles. The Bertz CT molecular complexity index is 834. The Balaban J connectivity index is 2.04. The number of carbonyl (C=O) groups is 2. The Kier molecular flexibility index (Phi) is 8.72. The molecule has 6 heteroatoms. The number of nitrogens with one attached hydrogen (secondary N) is 1. The molecule has 0 saturated heterocycles. The van der Waals surface area contributed by atoms with Gasteiger partial charge in [-0.25, -0.2) is 0 Å². The molecule has 162 valence electrons. The molecule has 1 unspecified atom stereocenters. The van der Waals surface area contributed by atoms with Gasteiger partial charge in [-0.2, -0.15) is 0 Å². The number of hydrogen-bond acceptors (Lipinski definition) is 3. The number of benzene rings is 2. The van der Waals surface area contributed by atoms with Crippen LogP contribution in [0.2, 0.25) is 5.02 Å². The molecule has 2 amide bonds. The molecule has 0 saturated carbocycles. The van der Waals surface area contributed by atoms with Crippen LogP contribution in [-0.2, 0) is 16.1 Å². The predicted molar refractivity (Wildman–Crippen MR) is 121 cm³/mol. The quantitative estimate of drug-likeness (QED) is 0.579. The van der Waals surface area contributed by atoms with Gasteiger partial charge in [0.05, 0.1) is 6.61 Å². The van der Waals surface area contributed by atoms with Gasteiger partial charge in [-0.3, -0.25) is 9.59 Å². The Morgan fingerprint density at radius 3 is 2.33 bits per heavy atom. The minimum absolute atomic E-state index is 0.108. The first-order valence-electron chi connectivity index (χ1n) is 10.2. The average molecular weight is 431 g/mol. The van der Waals surface area contributed by atoms with E-state index in [1.54, 1.807) is 17.9 Å². The van der Waals surface area contributed by atoms with E-state index in [0.29, 0.717) is 18.1 Å². The second-order valence-corrected chi connectivity index (χ2v) is 8.70. The van der Waals surface area contributed by atoms with Crippen LogP contribution in [0.25, 0.3) is 0 Å². The van der Waals surface area contributed by atoms with E-state index in [-0.39, 0.29) is 30.3 Å². The number of amides is 2. The van der Waals surface area contributed by atoms with E-state index < -0.39 is 6.04 Å². The SMILES string of the molecule is CC(C(=O)NC(C)(C)C)N(Cc1ccccc1Cl)C(=O)CCCOc1ccccc1. The van der Waals surface area contributed by atoms with Gasteiger partial charge in [0.2, 0.25) is 11.8 Å². The maximum Gasteiger partial charge on any atom is 0.242 e. The van der Waals surface area contributed by atoms with Gasteiger partial charge < -0.3 is 15.0 Å². The lowest BCUT2D eigenvalue weighted by Crippen LogP contribution is -2.52. The number of halogens is 1. The van der Waals surface area contributed by atoms with Crippen LogP contribution in [0, 0.1) is 0 Å². The Hall–Kier alpha value is -2.53. The third kappa shape index (κ3) is 7.71. The molecule has 2 aromatic carbocycles. The number of para-hydroxylation sites is 1. The summed E-state index contributed by atoms with van der Waals surface area (Å²) in [6.45, 7) is 8.20. The highest BCUT2D eigenvalue weighted by molar-refractivity contribution is 6.31. The van der Waals surface area contributed by atoms with Crippen LogP contribution < -0.4 is 10.1 Å². The van der Waals surface area contributed by atoms with Crippen LogP contribution in [0.4, 0.5) is 0 Å². The minimum Gasteiger partial charge on any atom is -0.494 e. The van der Waals surface area contributed by atoms with Crippen molar-refractivity contribution >= 4 is 23.4 Å². The lowest BCUT2D eigenvalue weighted by Gasteiger charge is -2.31. The van der Waals surface area contributed by atoms with Crippen molar-refractivity contribution in [2.24, 2.45) is 0 Å². The molecule has 0 aromatic heterocycles. The summed E-state index contributed by atoms with van der Waals surface area (Å²) < 4.78 is 5.68. The van der Waals surface area contributed by atoms with Crippen molar-refractivity contribution in [2.45, 2.75) is 58.7 Å². The summed E-state index contributed by atoms with van der Waals surface area (Å²) in [4.78, 5) is 27.3. The molecule has 0 aliphatic rings. The normalized spacial score (nSPS) is 12.2. The van der Waals surface area contributed by atoms with Gasteiger partial charge in [-0.05, 0) is 57.9 Å². The second-order valence-electron chi connectivity index (χ2n) is 8.29. The van der Waals surface area contributed by atoms with Gasteiger partial charge in [0.1, 0.15) is 11.8 Å². The molecule has 0 aliphatic carbocycles. The zero-order chi connectivity index (χ0) is 22.1. The highest BCUT2D eigenvalue weighted by Gasteiger charge is 2.28. The minimum atomic E-state index is -0.622. The standard InChI is InChI=1S/C24H31ClN2O3/c1-18(23(29)26-24(2,3)4)27(17-19-11-8-9-14-21(19)25)22(28)15-10-16-30-20-12-6-5-7-13-20/h5-9,11-14,18H,10,15-17H2,1-4H3,(H,26,29). The molecule has 0 bridgehead atoms. The summed E-state index contributed by atoms with van der Waals surface area (Å²) in [5.41, 5.74) is 0.428. The number of carbonyl (C=O) groups excluding carboxylic acids is 2. The van der Waals surface area contributed by atoms with Crippen molar-refractivity contribution in [3.8, 4) is 5.75 Å². The number of hydrogen-bond donors (Lipinski definition) is 1. The van der Waals surface area contributed by atoms with E-state index in [1.807, 2.05) is 69.3 Å². The van der Waals surface area contributed by atoms with Gasteiger partial charge in [-0.1, -0.05) is 48.0 Å². The molecule has 2 rings (SSSR count). The zero-order valence-corrected chi connectivity index (χ0v) is 18.9. The molecular weight excluding hydrogens is 400 g/mol. The third-order valence-electron chi connectivity index (χ3n) is 4.51. The number of nitrogens with zero attached hydrogens (tertiary/aromatic N) is 1. The fourth-order valence-electron chi connectivity index (χ4n) is 2.94. The Morgan fingerprint density at radius 1 is 1.07 bits per heavy atom. The second kappa shape index (κ2) is 11.0. The molecular formula is C24H31ClN2O3. The summed E-state index contributed by atoms with van der Waals surface area (Å²) >= 11 is 6.30. The highest BCUT2D eigenvalue weighted by atomic mass is 35.5. The maximum atomic E-state index is 13.0. The van der Waals surface area contributed by atoms with Crippen LogP contribution >= 0.6 is 11.6 Å². The van der Waals surface area contributed by atoms with E-state index in [4.69, 9.17) is 16.3 Å². The first kappa shape index (κ1) is 23.7. The smallest absolute Gasteiger partial charge is 0.242 e. The monoisotopic (exact) mass is 430 g/mol. The van der Waals surface area contributed by atoms with E-state index >= 15 is 0 Å². The van der Waals surface area contributed by atoms with Crippen molar-refractivity contribution < 1.29 is 14.3 Å². The van der Waals surface area contributed by atoms with Crippen molar-refractivity contribution in [3.63, 3.8) is 0 Å².